The van der Waals surface area contributed by atoms with E-state index >= 15 is 0 Å². The van der Waals surface area contributed by atoms with E-state index in [1.165, 1.54) is 33.4 Å². The summed E-state index contributed by atoms with van der Waals surface area (Å²) >= 11 is 0. The molecule has 0 aliphatic carbocycles. The van der Waals surface area contributed by atoms with Crippen LogP contribution in [0.4, 0.5) is 22.7 Å². The molecule has 0 unspecified atom stereocenters. The van der Waals surface area contributed by atoms with Gasteiger partial charge in [0.05, 0.1) is 10.9 Å². The summed E-state index contributed by atoms with van der Waals surface area (Å²) in [7, 11) is 0. The normalized spacial score (nSPS) is 12.9. The first-order valence-electron chi connectivity index (χ1n) is 27.0. The van der Waals surface area contributed by atoms with Gasteiger partial charge in [0.2, 0.25) is 0 Å². The van der Waals surface area contributed by atoms with Gasteiger partial charge >= 0.3 is 0 Å². The summed E-state index contributed by atoms with van der Waals surface area (Å²) in [5, 5.41) is 4.22. The van der Waals surface area contributed by atoms with Crippen LogP contribution in [-0.4, -0.2) is 9.55 Å². The van der Waals surface area contributed by atoms with Crippen molar-refractivity contribution in [3.63, 3.8) is 0 Å². The molecular formula is C72H61N4O2Pt-3. The van der Waals surface area contributed by atoms with Crippen molar-refractivity contribution in [2.45, 2.75) is 78.6 Å². The summed E-state index contributed by atoms with van der Waals surface area (Å²) in [5.41, 5.74) is 18.1. The number of anilines is 4. The fraction of sp³-hybridized carbons (Fsp3) is 0.167. The van der Waals surface area contributed by atoms with Gasteiger partial charge in [-0.3, -0.25) is 0 Å². The molecule has 1 aliphatic heterocycles. The van der Waals surface area contributed by atoms with Crippen LogP contribution < -0.4 is 14.5 Å². The Hall–Kier alpha value is -8.18. The fourth-order valence-electron chi connectivity index (χ4n) is 11.2. The van der Waals surface area contributed by atoms with Crippen molar-refractivity contribution < 1.29 is 30.2 Å². The first kappa shape index (κ1) is 51.6. The molecule has 0 fully saturated rings. The molecule has 9 aromatic carbocycles. The van der Waals surface area contributed by atoms with E-state index in [-0.39, 0.29) is 37.3 Å². The Bertz CT molecular complexity index is 4270. The van der Waals surface area contributed by atoms with Crippen LogP contribution in [0, 0.1) is 18.8 Å². The number of furan rings is 1. The predicted octanol–water partition coefficient (Wildman–Crippen LogP) is 19.8. The number of pyridine rings is 1. The number of rotatable bonds is 8. The Morgan fingerprint density at radius 3 is 1.84 bits per heavy atom. The van der Waals surface area contributed by atoms with Gasteiger partial charge in [0, 0.05) is 72.3 Å². The van der Waals surface area contributed by atoms with Crippen LogP contribution in [0.25, 0.3) is 82.9 Å². The quantitative estimate of drug-likeness (QED) is 0.142. The van der Waals surface area contributed by atoms with Crippen molar-refractivity contribution >= 4 is 66.5 Å². The first-order valence-corrected chi connectivity index (χ1v) is 27.0. The zero-order valence-electron chi connectivity index (χ0n) is 46.1. The van der Waals surface area contributed by atoms with E-state index in [0.29, 0.717) is 11.5 Å². The van der Waals surface area contributed by atoms with Gasteiger partial charge in [0.25, 0.3) is 0 Å². The Labute approximate surface area is 478 Å². The van der Waals surface area contributed by atoms with Crippen molar-refractivity contribution in [3.8, 4) is 50.7 Å². The SMILES string of the molecule is CC(C)(C)c1cc(-c2cccc(-c3cccc(-c4ccccc4)c3)c2N2[CH-]N(c3[c-]c(Oc4[c-]c5c(cc4)c4ccc6oc7ccccc7c6c4n5-c4cc(C(C)(C)C)ccn4)ccc3)c3ccccc32)cc(C(C)(C)C)c1.[Pt]. The molecule has 0 radical (unpaired) electrons. The molecule has 0 spiro atoms. The molecule has 3 aromatic heterocycles. The molecule has 0 saturated heterocycles. The Kier molecular flexibility index (Phi) is 12.8. The van der Waals surface area contributed by atoms with E-state index in [2.05, 4.69) is 259 Å². The largest absolute Gasteiger partial charge is 0.509 e. The zero-order valence-corrected chi connectivity index (χ0v) is 48.3. The summed E-state index contributed by atoms with van der Waals surface area (Å²) in [6.45, 7) is 22.8. The van der Waals surface area contributed by atoms with Crippen molar-refractivity contribution in [2.24, 2.45) is 0 Å². The second-order valence-electron chi connectivity index (χ2n) is 23.8. The third-order valence-corrected chi connectivity index (χ3v) is 15.4. The van der Waals surface area contributed by atoms with Crippen LogP contribution >= 0.6 is 0 Å². The average molecular weight is 1210 g/mol. The second kappa shape index (κ2) is 19.6. The molecule has 12 aromatic rings. The van der Waals surface area contributed by atoms with E-state index in [0.717, 1.165) is 89.0 Å². The Morgan fingerprint density at radius 2 is 1.09 bits per heavy atom. The van der Waals surface area contributed by atoms with E-state index in [1.807, 2.05) is 36.5 Å². The average Bonchev–Trinajstić information content (AvgIpc) is 4.18. The van der Waals surface area contributed by atoms with E-state index in [4.69, 9.17) is 14.1 Å². The van der Waals surface area contributed by atoms with Crippen molar-refractivity contribution in [1.82, 2.24) is 9.55 Å². The van der Waals surface area contributed by atoms with Gasteiger partial charge in [-0.2, -0.15) is 12.1 Å². The molecule has 7 heteroatoms. The van der Waals surface area contributed by atoms with Gasteiger partial charge in [0.1, 0.15) is 17.0 Å². The maximum Gasteiger partial charge on any atom is 0.137 e. The van der Waals surface area contributed by atoms with E-state index in [9.17, 15) is 0 Å². The predicted molar refractivity (Wildman–Crippen MR) is 324 cm³/mol. The molecule has 1 aliphatic rings. The summed E-state index contributed by atoms with van der Waals surface area (Å²) in [4.78, 5) is 9.63. The van der Waals surface area contributed by atoms with Crippen LogP contribution in [0.15, 0.2) is 205 Å². The number of fused-ring (bicyclic) bond motifs is 8. The maximum atomic E-state index is 6.85. The Balaban J connectivity index is 0.00000623. The summed E-state index contributed by atoms with van der Waals surface area (Å²) < 4.78 is 15.5. The molecule has 0 bridgehead atoms. The molecular weight excluding hydrogens is 1150 g/mol. The molecule has 0 saturated carbocycles. The van der Waals surface area contributed by atoms with Crippen LogP contribution in [0.5, 0.6) is 11.5 Å². The van der Waals surface area contributed by atoms with Crippen LogP contribution in [0.1, 0.15) is 79.0 Å². The molecule has 0 amide bonds. The third kappa shape index (κ3) is 9.30. The topological polar surface area (TPSA) is 46.7 Å². The molecule has 0 N–H and O–H groups in total. The van der Waals surface area contributed by atoms with Gasteiger partial charge in [-0.15, -0.1) is 48.1 Å². The summed E-state index contributed by atoms with van der Waals surface area (Å²) in [6.07, 6.45) is 1.91. The van der Waals surface area contributed by atoms with Gasteiger partial charge in [-0.05, 0) is 103 Å². The third-order valence-electron chi connectivity index (χ3n) is 15.4. The molecule has 0 atom stereocenters. The number of benzene rings is 9. The van der Waals surface area contributed by atoms with Crippen molar-refractivity contribution in [1.29, 1.82) is 0 Å². The number of hydrogen-bond acceptors (Lipinski definition) is 5. The number of nitrogens with zero attached hydrogens (tertiary/aromatic N) is 4. The molecule has 4 heterocycles. The molecule has 6 nitrogen and oxygen atoms in total. The number of ether oxygens (including phenoxy) is 1. The Morgan fingerprint density at radius 1 is 0.468 bits per heavy atom. The smallest absolute Gasteiger partial charge is 0.137 e. The molecule has 394 valence electrons. The monoisotopic (exact) mass is 1210 g/mol. The minimum absolute atomic E-state index is 0. The standard InChI is InChI=1S/C72H61N4O2.Pt/c1-70(2,3)50-36-37-73-66(42-50)76-63-44-55(32-33-58(63)59-34-35-65-67(69(59)76)60-26-13-16-31-64(60)78-65)77-54-25-18-24-53(43-54)74-45-75(62-30-15-14-29-61(62)74)68-56(48-23-17-22-47(38-48)46-20-11-10-12-21-46)27-19-28-57(68)49-39-51(71(4,5)6)41-52(40-49)72(7,8)9;/h10-42,45H,1-9H3;/q-3;. The molecule has 79 heavy (non-hydrogen) atoms. The number of para-hydroxylation sites is 4. The summed E-state index contributed by atoms with van der Waals surface area (Å²) in [6, 6.07) is 76.7. The molecule has 13 rings (SSSR count). The minimum Gasteiger partial charge on any atom is -0.509 e. The number of hydrogen-bond donors (Lipinski definition) is 0. The second-order valence-corrected chi connectivity index (χ2v) is 23.8. The summed E-state index contributed by atoms with van der Waals surface area (Å²) in [5.74, 6) is 1.94. The van der Waals surface area contributed by atoms with Crippen LogP contribution in [0.2, 0.25) is 0 Å². The van der Waals surface area contributed by atoms with Crippen molar-refractivity contribution in [2.75, 3.05) is 9.80 Å². The van der Waals surface area contributed by atoms with E-state index < -0.39 is 0 Å². The zero-order chi connectivity index (χ0) is 53.7. The first-order chi connectivity index (χ1) is 37.5. The minimum atomic E-state index is -0.0916. The van der Waals surface area contributed by atoms with Crippen LogP contribution in [-0.2, 0) is 37.3 Å². The van der Waals surface area contributed by atoms with Gasteiger partial charge in [0.15, 0.2) is 0 Å². The van der Waals surface area contributed by atoms with Gasteiger partial charge in [-0.1, -0.05) is 189 Å². The van der Waals surface area contributed by atoms with Gasteiger partial charge < -0.3 is 23.5 Å². The van der Waals surface area contributed by atoms with Gasteiger partial charge in [-0.25, -0.2) is 4.98 Å². The fourth-order valence-corrected chi connectivity index (χ4v) is 11.2. The number of aromatic nitrogens is 2. The maximum absolute atomic E-state index is 6.85. The van der Waals surface area contributed by atoms with Crippen molar-refractivity contribution in [3.05, 3.63) is 236 Å². The van der Waals surface area contributed by atoms with E-state index in [1.54, 1.807) is 0 Å². The van der Waals surface area contributed by atoms with Crippen LogP contribution in [0.3, 0.4) is 0 Å².